The summed E-state index contributed by atoms with van der Waals surface area (Å²) in [7, 11) is 0. The normalized spacial score (nSPS) is 11.8. The smallest absolute Gasteiger partial charge is 0.159 e. The molecule has 6 aromatic rings. The quantitative estimate of drug-likeness (QED) is 0.238. The Morgan fingerprint density at radius 3 is 2.11 bits per heavy atom. The first kappa shape index (κ1) is 23.6. The van der Waals surface area contributed by atoms with Crippen LogP contribution < -0.4 is 5.32 Å². The van der Waals surface area contributed by atoms with E-state index in [-0.39, 0.29) is 5.41 Å². The molecule has 6 rings (SSSR count). The Labute approximate surface area is 226 Å². The lowest BCUT2D eigenvalue weighted by Crippen LogP contribution is -2.10. The highest BCUT2D eigenvalue weighted by molar-refractivity contribution is 9.10. The molecule has 0 saturated heterocycles. The molecule has 1 aromatic heterocycles. The van der Waals surface area contributed by atoms with Crippen molar-refractivity contribution in [3.05, 3.63) is 119 Å². The zero-order chi connectivity index (χ0) is 25.6. The molecule has 0 saturated carbocycles. The molecule has 1 N–H and O–H groups in total. The Bertz CT molecular complexity index is 1720. The first-order chi connectivity index (χ1) is 17.9. The summed E-state index contributed by atoms with van der Waals surface area (Å²) in [5.41, 5.74) is 9.78. The lowest BCUT2D eigenvalue weighted by Gasteiger charge is -2.19. The van der Waals surface area contributed by atoms with Gasteiger partial charge in [-0.15, -0.1) is 0 Å². The second-order valence-electron chi connectivity index (χ2n) is 10.4. The summed E-state index contributed by atoms with van der Waals surface area (Å²) in [4.78, 5) is 0. The molecule has 5 aromatic carbocycles. The zero-order valence-electron chi connectivity index (χ0n) is 21.2. The van der Waals surface area contributed by atoms with Crippen LogP contribution in [0.2, 0.25) is 0 Å². The Morgan fingerprint density at radius 2 is 1.35 bits per heavy atom. The number of hydrogen-bond donors (Lipinski definition) is 1. The van der Waals surface area contributed by atoms with Crippen LogP contribution >= 0.6 is 15.9 Å². The van der Waals surface area contributed by atoms with Crippen molar-refractivity contribution in [1.82, 2.24) is 0 Å². The molecule has 0 unspecified atom stereocenters. The Kier molecular flexibility index (Phi) is 5.89. The number of para-hydroxylation sites is 1. The van der Waals surface area contributed by atoms with Gasteiger partial charge in [0.2, 0.25) is 0 Å². The van der Waals surface area contributed by atoms with E-state index in [0.29, 0.717) is 0 Å². The van der Waals surface area contributed by atoms with Crippen LogP contribution in [0.4, 0.5) is 11.4 Å². The number of nitrogens with one attached hydrogen (secondary N) is 1. The third-order valence-corrected chi connectivity index (χ3v) is 7.78. The summed E-state index contributed by atoms with van der Waals surface area (Å²) >= 11 is 3.94. The average molecular weight is 547 g/mol. The van der Waals surface area contributed by atoms with E-state index in [4.69, 9.17) is 4.42 Å². The third kappa shape index (κ3) is 4.34. The topological polar surface area (TPSA) is 25.2 Å². The molecule has 3 heteroatoms. The first-order valence-corrected chi connectivity index (χ1v) is 13.4. The fraction of sp³-hybridized carbons (Fsp3) is 0.118. The number of furan rings is 1. The van der Waals surface area contributed by atoms with Gasteiger partial charge in [0.05, 0.1) is 5.69 Å². The largest absolute Gasteiger partial charge is 0.454 e. The van der Waals surface area contributed by atoms with Crippen molar-refractivity contribution >= 4 is 49.2 Å². The van der Waals surface area contributed by atoms with Gasteiger partial charge in [0, 0.05) is 20.9 Å². The van der Waals surface area contributed by atoms with Crippen molar-refractivity contribution in [2.75, 3.05) is 5.32 Å². The molecule has 0 aliphatic rings. The molecule has 1 heterocycles. The maximum Gasteiger partial charge on any atom is 0.159 e. The molecule has 0 radical (unpaired) electrons. The summed E-state index contributed by atoms with van der Waals surface area (Å²) in [6.45, 7) is 6.70. The predicted molar refractivity (Wildman–Crippen MR) is 161 cm³/mol. The number of benzene rings is 5. The molecule has 0 bridgehead atoms. The number of fused-ring (bicyclic) bond motifs is 3. The lowest BCUT2D eigenvalue weighted by atomic mass is 9.87. The van der Waals surface area contributed by atoms with Gasteiger partial charge in [-0.05, 0) is 73.4 Å². The van der Waals surface area contributed by atoms with E-state index in [0.717, 1.165) is 48.9 Å². The van der Waals surface area contributed by atoms with Crippen LogP contribution in [0.5, 0.6) is 0 Å². The van der Waals surface area contributed by atoms with Gasteiger partial charge in [0.1, 0.15) is 5.58 Å². The van der Waals surface area contributed by atoms with E-state index >= 15 is 0 Å². The van der Waals surface area contributed by atoms with Gasteiger partial charge in [-0.25, -0.2) is 0 Å². The van der Waals surface area contributed by atoms with Gasteiger partial charge in [-0.2, -0.15) is 0 Å². The molecule has 0 aliphatic carbocycles. The first-order valence-electron chi connectivity index (χ1n) is 12.6. The summed E-state index contributed by atoms with van der Waals surface area (Å²) in [5.74, 6) is 0. The van der Waals surface area contributed by atoms with Crippen LogP contribution in [-0.2, 0) is 5.41 Å². The number of rotatable bonds is 4. The third-order valence-electron chi connectivity index (χ3n) is 6.93. The molecule has 0 spiro atoms. The molecule has 0 aliphatic heterocycles. The van der Waals surface area contributed by atoms with E-state index in [2.05, 4.69) is 133 Å². The minimum atomic E-state index is 0.119. The molecule has 2 nitrogen and oxygen atoms in total. The van der Waals surface area contributed by atoms with Gasteiger partial charge in [-0.3, -0.25) is 0 Å². The summed E-state index contributed by atoms with van der Waals surface area (Å²) in [6.07, 6.45) is 0. The fourth-order valence-electron chi connectivity index (χ4n) is 4.94. The Hall–Kier alpha value is -3.82. The highest BCUT2D eigenvalue weighted by Gasteiger charge is 2.19. The number of anilines is 2. The highest BCUT2D eigenvalue weighted by atomic mass is 79.9. The Balaban J connectivity index is 1.51. The van der Waals surface area contributed by atoms with Gasteiger partial charge >= 0.3 is 0 Å². The molecule has 37 heavy (non-hydrogen) atoms. The summed E-state index contributed by atoms with van der Waals surface area (Å²) in [5, 5.41) is 5.83. The van der Waals surface area contributed by atoms with Crippen molar-refractivity contribution in [3.8, 4) is 22.3 Å². The molecular formula is C34H28BrNO. The van der Waals surface area contributed by atoms with Gasteiger partial charge in [-0.1, -0.05) is 106 Å². The number of halogens is 1. The van der Waals surface area contributed by atoms with Crippen LogP contribution in [0.15, 0.2) is 118 Å². The van der Waals surface area contributed by atoms with Crippen LogP contribution in [0.1, 0.15) is 26.3 Å². The Morgan fingerprint density at radius 1 is 0.649 bits per heavy atom. The van der Waals surface area contributed by atoms with Crippen molar-refractivity contribution in [1.29, 1.82) is 0 Å². The van der Waals surface area contributed by atoms with Crippen LogP contribution in [0.25, 0.3) is 44.2 Å². The second kappa shape index (κ2) is 9.24. The van der Waals surface area contributed by atoms with E-state index in [9.17, 15) is 0 Å². The molecular weight excluding hydrogens is 518 g/mol. The van der Waals surface area contributed by atoms with Gasteiger partial charge in [0.15, 0.2) is 5.58 Å². The monoisotopic (exact) mass is 545 g/mol. The molecule has 0 fully saturated rings. The summed E-state index contributed by atoms with van der Waals surface area (Å²) in [6, 6.07) is 38.2. The van der Waals surface area contributed by atoms with Crippen molar-refractivity contribution < 1.29 is 4.42 Å². The van der Waals surface area contributed by atoms with Crippen molar-refractivity contribution in [2.24, 2.45) is 0 Å². The van der Waals surface area contributed by atoms with Crippen LogP contribution in [0.3, 0.4) is 0 Å². The highest BCUT2D eigenvalue weighted by Crippen LogP contribution is 2.44. The fourth-order valence-corrected chi connectivity index (χ4v) is 5.65. The zero-order valence-corrected chi connectivity index (χ0v) is 22.8. The molecule has 182 valence electrons. The maximum absolute atomic E-state index is 6.47. The minimum Gasteiger partial charge on any atom is -0.454 e. The lowest BCUT2D eigenvalue weighted by molar-refractivity contribution is 0.590. The van der Waals surface area contributed by atoms with Crippen molar-refractivity contribution in [2.45, 2.75) is 26.2 Å². The maximum atomic E-state index is 6.47. The van der Waals surface area contributed by atoms with Gasteiger partial charge in [0.25, 0.3) is 0 Å². The van der Waals surface area contributed by atoms with E-state index in [1.54, 1.807) is 0 Å². The summed E-state index contributed by atoms with van der Waals surface area (Å²) < 4.78 is 7.55. The van der Waals surface area contributed by atoms with Gasteiger partial charge < -0.3 is 9.73 Å². The van der Waals surface area contributed by atoms with E-state index < -0.39 is 0 Å². The van der Waals surface area contributed by atoms with E-state index in [1.165, 1.54) is 16.7 Å². The van der Waals surface area contributed by atoms with Crippen LogP contribution in [0, 0.1) is 0 Å². The van der Waals surface area contributed by atoms with Crippen LogP contribution in [-0.4, -0.2) is 0 Å². The second-order valence-corrected chi connectivity index (χ2v) is 11.2. The molecule has 0 amide bonds. The van der Waals surface area contributed by atoms with Crippen molar-refractivity contribution in [3.63, 3.8) is 0 Å². The van der Waals surface area contributed by atoms with E-state index in [1.807, 2.05) is 18.2 Å². The molecule has 0 atom stereocenters. The predicted octanol–water partition coefficient (Wildman–Crippen LogP) is 10.7. The SMILES string of the molecule is CC(C)(C)c1ccc(Nc2ccc(-c3cccc(-c4ccccc4)c3Br)c3c2oc2ccccc23)cc1. The standard InChI is InChI=1S/C34H28BrNO/c1-34(2,3)23-16-18-24(19-17-23)36-29-21-20-26(31-28-12-7-8-15-30(28)37-33(29)31)27-14-9-13-25(32(27)35)22-10-5-4-6-11-22/h4-21,36H,1-3H3. The average Bonchev–Trinajstić information content (AvgIpc) is 3.30. The minimum absolute atomic E-state index is 0.119. The number of hydrogen-bond acceptors (Lipinski definition) is 2.